The van der Waals surface area contributed by atoms with Gasteiger partial charge in [0.25, 0.3) is 0 Å². The van der Waals surface area contributed by atoms with Crippen LogP contribution in [0.1, 0.15) is 17.3 Å². The lowest BCUT2D eigenvalue weighted by Gasteiger charge is -2.22. The molecule has 0 saturated carbocycles. The molecule has 2 heterocycles. The van der Waals surface area contributed by atoms with Gasteiger partial charge in [-0.3, -0.25) is 0 Å². The summed E-state index contributed by atoms with van der Waals surface area (Å²) in [5.74, 6) is -1.05. The van der Waals surface area contributed by atoms with Gasteiger partial charge in [0.1, 0.15) is 0 Å². The first-order chi connectivity index (χ1) is 9.18. The average Bonchev–Trinajstić information content (AvgIpc) is 2.76. The molecule has 0 bridgehead atoms. The van der Waals surface area contributed by atoms with Crippen molar-refractivity contribution >= 4 is 23.3 Å². The van der Waals surface area contributed by atoms with Crippen molar-refractivity contribution in [2.45, 2.75) is 12.5 Å². The van der Waals surface area contributed by atoms with Gasteiger partial charge in [-0.2, -0.15) is 0 Å². The molecule has 6 nitrogen and oxygen atoms in total. The van der Waals surface area contributed by atoms with Crippen LogP contribution in [0.2, 0.25) is 0 Å². The molecule has 1 unspecified atom stereocenters. The number of aliphatic carboxylic acids is 1. The molecule has 1 aromatic heterocycles. The lowest BCUT2D eigenvalue weighted by Crippen LogP contribution is -2.44. The molecule has 0 aliphatic carbocycles. The molecule has 1 aliphatic rings. The van der Waals surface area contributed by atoms with Crippen LogP contribution in [0.5, 0.6) is 0 Å². The second kappa shape index (κ2) is 6.53. The van der Waals surface area contributed by atoms with Crippen LogP contribution in [0.15, 0.2) is 17.5 Å². The molecule has 1 aliphatic heterocycles. The Labute approximate surface area is 115 Å². The number of carboxylic acids is 1. The highest BCUT2D eigenvalue weighted by atomic mass is 32.1. The normalized spacial score (nSPS) is 17.6. The van der Waals surface area contributed by atoms with Crippen LogP contribution < -0.4 is 5.32 Å². The largest absolute Gasteiger partial charge is 0.479 e. The molecule has 2 rings (SSSR count). The molecule has 0 spiro atoms. The third-order valence-electron chi connectivity index (χ3n) is 2.85. The van der Waals surface area contributed by atoms with Gasteiger partial charge < -0.3 is 20.1 Å². The van der Waals surface area contributed by atoms with Crippen LogP contribution in [0, 0.1) is 0 Å². The first-order valence-electron chi connectivity index (χ1n) is 6.08. The number of nitrogens with zero attached hydrogens (tertiary/aromatic N) is 1. The predicted molar refractivity (Wildman–Crippen MR) is 70.2 cm³/mol. The average molecular weight is 284 g/mol. The number of carbonyl (C=O) groups is 2. The van der Waals surface area contributed by atoms with Crippen LogP contribution in [0.3, 0.4) is 0 Å². The number of carboxylic acid groups (broad SMARTS) is 1. The van der Waals surface area contributed by atoms with Gasteiger partial charge in [-0.15, -0.1) is 11.3 Å². The Morgan fingerprint density at radius 3 is 2.95 bits per heavy atom. The van der Waals surface area contributed by atoms with Gasteiger partial charge in [-0.05, 0) is 17.9 Å². The number of hydrogen-bond donors (Lipinski definition) is 2. The quantitative estimate of drug-likeness (QED) is 0.877. The van der Waals surface area contributed by atoms with Crippen LogP contribution >= 0.6 is 11.3 Å². The van der Waals surface area contributed by atoms with E-state index >= 15 is 0 Å². The smallest absolute Gasteiger partial charge is 0.331 e. The van der Waals surface area contributed by atoms with E-state index in [4.69, 9.17) is 4.74 Å². The number of rotatable bonds is 3. The summed E-state index contributed by atoms with van der Waals surface area (Å²) < 4.78 is 5.26. The number of hydrogen-bond acceptors (Lipinski definition) is 4. The summed E-state index contributed by atoms with van der Waals surface area (Å²) in [7, 11) is 0. The Morgan fingerprint density at radius 2 is 2.26 bits per heavy atom. The molecule has 1 fully saturated rings. The summed E-state index contributed by atoms with van der Waals surface area (Å²) in [4.78, 5) is 25.5. The monoisotopic (exact) mass is 284 g/mol. The maximum atomic E-state index is 12.1. The number of thiophene rings is 1. The van der Waals surface area contributed by atoms with E-state index in [1.807, 2.05) is 0 Å². The minimum Gasteiger partial charge on any atom is -0.479 e. The highest BCUT2D eigenvalue weighted by Crippen LogP contribution is 2.19. The summed E-state index contributed by atoms with van der Waals surface area (Å²) >= 11 is 1.31. The fourth-order valence-electron chi connectivity index (χ4n) is 1.87. The topological polar surface area (TPSA) is 78.9 Å². The highest BCUT2D eigenvalue weighted by molar-refractivity contribution is 7.10. The molecule has 104 valence electrons. The van der Waals surface area contributed by atoms with Gasteiger partial charge in [0.2, 0.25) is 0 Å². The first kappa shape index (κ1) is 13.8. The van der Waals surface area contributed by atoms with Crippen LogP contribution in [0.25, 0.3) is 0 Å². The van der Waals surface area contributed by atoms with E-state index in [0.29, 0.717) is 31.2 Å². The molecule has 1 saturated heterocycles. The van der Waals surface area contributed by atoms with Crippen LogP contribution in [-0.4, -0.2) is 48.3 Å². The number of urea groups is 1. The van der Waals surface area contributed by atoms with E-state index in [2.05, 4.69) is 5.32 Å². The molecule has 2 amide bonds. The maximum Gasteiger partial charge on any atom is 0.331 e. The van der Waals surface area contributed by atoms with Crippen molar-refractivity contribution in [3.8, 4) is 0 Å². The van der Waals surface area contributed by atoms with Crippen molar-refractivity contribution in [2.75, 3.05) is 26.3 Å². The zero-order valence-corrected chi connectivity index (χ0v) is 11.2. The van der Waals surface area contributed by atoms with E-state index in [9.17, 15) is 14.7 Å². The van der Waals surface area contributed by atoms with Gasteiger partial charge in [0.05, 0.1) is 6.61 Å². The summed E-state index contributed by atoms with van der Waals surface area (Å²) in [6, 6.07) is 2.12. The number of carbonyl (C=O) groups excluding carboxylic acids is 1. The Kier molecular flexibility index (Phi) is 4.75. The molecule has 0 radical (unpaired) electrons. The van der Waals surface area contributed by atoms with Gasteiger partial charge in [-0.25, -0.2) is 9.59 Å². The lowest BCUT2D eigenvalue weighted by atomic mass is 10.2. The zero-order chi connectivity index (χ0) is 13.7. The summed E-state index contributed by atoms with van der Waals surface area (Å²) in [6.45, 7) is 2.20. The Hall–Kier alpha value is -1.60. The number of nitrogens with one attached hydrogen (secondary N) is 1. The molecule has 0 aromatic carbocycles. The molecule has 7 heteroatoms. The van der Waals surface area contributed by atoms with Crippen molar-refractivity contribution in [1.82, 2.24) is 10.2 Å². The molecule has 19 heavy (non-hydrogen) atoms. The lowest BCUT2D eigenvalue weighted by molar-refractivity contribution is -0.139. The number of amides is 2. The predicted octanol–water partition coefficient (Wildman–Crippen LogP) is 1.31. The van der Waals surface area contributed by atoms with E-state index in [1.54, 1.807) is 22.4 Å². The van der Waals surface area contributed by atoms with Gasteiger partial charge in [0, 0.05) is 24.6 Å². The Balaban J connectivity index is 2.00. The fourth-order valence-corrected chi connectivity index (χ4v) is 2.64. The van der Waals surface area contributed by atoms with Crippen molar-refractivity contribution in [3.63, 3.8) is 0 Å². The van der Waals surface area contributed by atoms with Crippen molar-refractivity contribution in [3.05, 3.63) is 22.4 Å². The van der Waals surface area contributed by atoms with E-state index in [0.717, 1.165) is 6.42 Å². The third kappa shape index (κ3) is 3.68. The minimum atomic E-state index is -1.05. The van der Waals surface area contributed by atoms with E-state index in [1.165, 1.54) is 11.3 Å². The minimum absolute atomic E-state index is 0.355. The SMILES string of the molecule is O=C(O)C(NC(=O)N1CCCOCC1)c1cccs1. The summed E-state index contributed by atoms with van der Waals surface area (Å²) in [5, 5.41) is 13.5. The van der Waals surface area contributed by atoms with Crippen molar-refractivity contribution < 1.29 is 19.4 Å². The Bertz CT molecular complexity index is 427. The molecule has 1 aromatic rings. The molecule has 1 atom stereocenters. The van der Waals surface area contributed by atoms with Gasteiger partial charge in [-0.1, -0.05) is 6.07 Å². The second-order valence-corrected chi connectivity index (χ2v) is 5.17. The van der Waals surface area contributed by atoms with E-state index < -0.39 is 12.0 Å². The fraction of sp³-hybridized carbons (Fsp3) is 0.500. The highest BCUT2D eigenvalue weighted by Gasteiger charge is 2.25. The number of ether oxygens (including phenoxy) is 1. The van der Waals surface area contributed by atoms with Crippen LogP contribution in [-0.2, 0) is 9.53 Å². The molecular weight excluding hydrogens is 268 g/mol. The standard InChI is InChI=1S/C12H16N2O4S/c15-11(16)10(9-3-1-8-19-9)13-12(17)14-4-2-6-18-7-5-14/h1,3,8,10H,2,4-7H2,(H,13,17)(H,15,16). The Morgan fingerprint density at radius 1 is 1.42 bits per heavy atom. The first-order valence-corrected chi connectivity index (χ1v) is 6.96. The molecule has 2 N–H and O–H groups in total. The third-order valence-corrected chi connectivity index (χ3v) is 3.79. The van der Waals surface area contributed by atoms with Gasteiger partial charge in [0.15, 0.2) is 6.04 Å². The second-order valence-electron chi connectivity index (χ2n) is 4.19. The maximum absolute atomic E-state index is 12.1. The summed E-state index contributed by atoms with van der Waals surface area (Å²) in [6.07, 6.45) is 0.768. The van der Waals surface area contributed by atoms with Crippen molar-refractivity contribution in [1.29, 1.82) is 0 Å². The van der Waals surface area contributed by atoms with Crippen LogP contribution in [0.4, 0.5) is 4.79 Å². The zero-order valence-electron chi connectivity index (χ0n) is 10.4. The molecular formula is C12H16N2O4S. The van der Waals surface area contributed by atoms with Gasteiger partial charge >= 0.3 is 12.0 Å². The van der Waals surface area contributed by atoms with Crippen molar-refractivity contribution in [2.24, 2.45) is 0 Å². The van der Waals surface area contributed by atoms with E-state index in [-0.39, 0.29) is 6.03 Å². The summed E-state index contributed by atoms with van der Waals surface area (Å²) in [5.41, 5.74) is 0.